The number of anilines is 1. The smallest absolute Gasteiger partial charge is 0.338 e. The van der Waals surface area contributed by atoms with Crippen molar-refractivity contribution in [3.63, 3.8) is 0 Å². The Morgan fingerprint density at radius 3 is 2.67 bits per heavy atom. The van der Waals surface area contributed by atoms with Crippen LogP contribution >= 0.6 is 39.3 Å². The SMILES string of the molecule is COc1cc(C2C(C(=O)OC(C)C)=C(C)Nc3nc(SCc4ccccc4Cl)nn32)cc(Br)c1OC. The van der Waals surface area contributed by atoms with Crippen molar-refractivity contribution in [3.05, 3.63) is 68.3 Å². The molecule has 0 fully saturated rings. The van der Waals surface area contributed by atoms with Crippen molar-refractivity contribution < 1.29 is 19.0 Å². The number of hydrogen-bond donors (Lipinski definition) is 1. The average molecular weight is 594 g/mol. The van der Waals surface area contributed by atoms with Gasteiger partial charge in [0.15, 0.2) is 11.5 Å². The van der Waals surface area contributed by atoms with Crippen molar-refractivity contribution in [2.75, 3.05) is 19.5 Å². The molecule has 3 aromatic rings. The lowest BCUT2D eigenvalue weighted by atomic mass is 9.95. The number of carbonyl (C=O) groups is 1. The van der Waals surface area contributed by atoms with Crippen LogP contribution in [0.25, 0.3) is 0 Å². The number of fused-ring (bicyclic) bond motifs is 1. The first-order chi connectivity index (χ1) is 17.2. The summed E-state index contributed by atoms with van der Waals surface area (Å²) < 4.78 is 19.0. The number of ether oxygens (including phenoxy) is 3. The zero-order chi connectivity index (χ0) is 26.0. The van der Waals surface area contributed by atoms with Crippen molar-refractivity contribution >= 4 is 51.2 Å². The third-order valence-electron chi connectivity index (χ3n) is 5.48. The molecule has 2 heterocycles. The molecule has 0 bridgehead atoms. The highest BCUT2D eigenvalue weighted by molar-refractivity contribution is 9.10. The van der Waals surface area contributed by atoms with Gasteiger partial charge in [-0.3, -0.25) is 0 Å². The molecule has 1 unspecified atom stereocenters. The molecule has 1 atom stereocenters. The molecule has 1 aliphatic rings. The van der Waals surface area contributed by atoms with Gasteiger partial charge in [-0.25, -0.2) is 9.48 Å². The first kappa shape index (κ1) is 26.4. The zero-order valence-corrected chi connectivity index (χ0v) is 23.6. The van der Waals surface area contributed by atoms with E-state index in [1.54, 1.807) is 18.9 Å². The number of nitrogens with zero attached hydrogens (tertiary/aromatic N) is 3. The summed E-state index contributed by atoms with van der Waals surface area (Å²) in [6.45, 7) is 5.46. The Balaban J connectivity index is 1.78. The van der Waals surface area contributed by atoms with Gasteiger partial charge in [0.25, 0.3) is 0 Å². The Hall–Kier alpha value is -2.69. The third kappa shape index (κ3) is 5.35. The van der Waals surface area contributed by atoms with Crippen LogP contribution in [0.3, 0.4) is 0 Å². The van der Waals surface area contributed by atoms with Gasteiger partial charge in [-0.2, -0.15) is 4.98 Å². The Bertz CT molecular complexity index is 1330. The summed E-state index contributed by atoms with van der Waals surface area (Å²) in [4.78, 5) is 17.9. The third-order valence-corrected chi connectivity index (χ3v) is 7.33. The lowest BCUT2D eigenvalue weighted by Gasteiger charge is -2.29. The van der Waals surface area contributed by atoms with E-state index in [1.165, 1.54) is 11.8 Å². The second-order valence-corrected chi connectivity index (χ2v) is 10.5. The summed E-state index contributed by atoms with van der Waals surface area (Å²) in [5.74, 6) is 1.76. The minimum Gasteiger partial charge on any atom is -0.493 e. The van der Waals surface area contributed by atoms with Gasteiger partial charge in [-0.05, 0) is 66.0 Å². The minimum atomic E-state index is -0.606. The fourth-order valence-electron chi connectivity index (χ4n) is 3.90. The lowest BCUT2D eigenvalue weighted by Crippen LogP contribution is -2.30. The number of thioether (sulfide) groups is 1. The number of nitrogens with one attached hydrogen (secondary N) is 1. The largest absolute Gasteiger partial charge is 0.493 e. The van der Waals surface area contributed by atoms with Crippen LogP contribution in [0, 0.1) is 0 Å². The number of rotatable bonds is 8. The first-order valence-corrected chi connectivity index (χ1v) is 13.3. The number of halogens is 2. The normalized spacial score (nSPS) is 14.9. The highest BCUT2D eigenvalue weighted by atomic mass is 79.9. The Labute approximate surface area is 227 Å². The average Bonchev–Trinajstić information content (AvgIpc) is 3.23. The Kier molecular flexibility index (Phi) is 8.17. The predicted molar refractivity (Wildman–Crippen MR) is 144 cm³/mol. The van der Waals surface area contributed by atoms with E-state index in [1.807, 2.05) is 57.2 Å². The van der Waals surface area contributed by atoms with Gasteiger partial charge < -0.3 is 19.5 Å². The molecule has 1 aliphatic heterocycles. The topological polar surface area (TPSA) is 87.5 Å². The second-order valence-electron chi connectivity index (χ2n) is 8.30. The highest BCUT2D eigenvalue weighted by Crippen LogP contribution is 2.43. The molecular weight excluding hydrogens is 568 g/mol. The number of aromatic nitrogens is 3. The van der Waals surface area contributed by atoms with Gasteiger partial charge in [0, 0.05) is 16.5 Å². The summed E-state index contributed by atoms with van der Waals surface area (Å²) in [6.07, 6.45) is -0.283. The van der Waals surface area contributed by atoms with E-state index in [-0.39, 0.29) is 6.10 Å². The van der Waals surface area contributed by atoms with Gasteiger partial charge >= 0.3 is 5.97 Å². The maximum atomic E-state index is 13.3. The number of esters is 1. The highest BCUT2D eigenvalue weighted by Gasteiger charge is 2.36. The zero-order valence-electron chi connectivity index (χ0n) is 20.5. The monoisotopic (exact) mass is 592 g/mol. The summed E-state index contributed by atoms with van der Waals surface area (Å²) in [5, 5.41) is 9.22. The lowest BCUT2D eigenvalue weighted by molar-refractivity contribution is -0.143. The number of benzene rings is 2. The van der Waals surface area contributed by atoms with E-state index in [9.17, 15) is 4.79 Å². The summed E-state index contributed by atoms with van der Waals surface area (Å²) in [5.41, 5.74) is 2.81. The fourth-order valence-corrected chi connectivity index (χ4v) is 5.63. The Morgan fingerprint density at radius 1 is 1.25 bits per heavy atom. The molecule has 190 valence electrons. The maximum Gasteiger partial charge on any atom is 0.338 e. The van der Waals surface area contributed by atoms with Crippen molar-refractivity contribution in [2.24, 2.45) is 0 Å². The number of methoxy groups -OCH3 is 2. The van der Waals surface area contributed by atoms with Crippen LogP contribution in [0.2, 0.25) is 5.02 Å². The van der Waals surface area contributed by atoms with E-state index in [0.717, 1.165) is 11.1 Å². The molecule has 0 amide bonds. The van der Waals surface area contributed by atoms with Crippen LogP contribution in [-0.4, -0.2) is 41.1 Å². The van der Waals surface area contributed by atoms with Gasteiger partial charge in [0.1, 0.15) is 6.04 Å². The molecule has 2 aromatic carbocycles. The van der Waals surface area contributed by atoms with E-state index >= 15 is 0 Å². The van der Waals surface area contributed by atoms with Gasteiger partial charge in [0.05, 0.1) is 30.4 Å². The maximum absolute atomic E-state index is 13.3. The van der Waals surface area contributed by atoms with Crippen LogP contribution < -0.4 is 14.8 Å². The molecule has 0 aliphatic carbocycles. The molecule has 8 nitrogen and oxygen atoms in total. The van der Waals surface area contributed by atoms with Gasteiger partial charge in [-0.1, -0.05) is 41.6 Å². The molecule has 36 heavy (non-hydrogen) atoms. The standard InChI is InChI=1S/C25H26BrClN4O4S/c1-13(2)35-23(32)20-14(3)28-24-29-25(36-12-15-8-6-7-9-18(15)27)30-31(24)21(20)16-10-17(26)22(34-5)19(11-16)33-4/h6-11,13,21H,12H2,1-5H3,(H,28,29,30). The molecule has 0 saturated heterocycles. The number of carbonyl (C=O) groups excluding carboxylic acids is 1. The van der Waals surface area contributed by atoms with Crippen LogP contribution in [0.1, 0.15) is 37.9 Å². The molecule has 1 aromatic heterocycles. The molecule has 1 N–H and O–H groups in total. The van der Waals surface area contributed by atoms with Crippen LogP contribution in [-0.2, 0) is 15.3 Å². The van der Waals surface area contributed by atoms with Gasteiger partial charge in [0.2, 0.25) is 11.1 Å². The van der Waals surface area contributed by atoms with Crippen molar-refractivity contribution in [1.29, 1.82) is 0 Å². The van der Waals surface area contributed by atoms with Crippen molar-refractivity contribution in [1.82, 2.24) is 14.8 Å². The summed E-state index contributed by atoms with van der Waals surface area (Å²) in [6, 6.07) is 10.8. The molecule has 0 radical (unpaired) electrons. The van der Waals surface area contributed by atoms with Crippen molar-refractivity contribution in [2.45, 2.75) is 43.8 Å². The molecule has 11 heteroatoms. The predicted octanol–water partition coefficient (Wildman–Crippen LogP) is 6.24. The summed E-state index contributed by atoms with van der Waals surface area (Å²) >= 11 is 11.3. The quantitative estimate of drug-likeness (QED) is 0.242. The van der Waals surface area contributed by atoms with Crippen LogP contribution in [0.15, 0.2) is 57.3 Å². The van der Waals surface area contributed by atoms with E-state index in [2.05, 4.69) is 26.2 Å². The second kappa shape index (κ2) is 11.1. The molecule has 0 spiro atoms. The van der Waals surface area contributed by atoms with E-state index < -0.39 is 12.0 Å². The molecular formula is C25H26BrClN4O4S. The first-order valence-electron chi connectivity index (χ1n) is 11.2. The fraction of sp³-hybridized carbons (Fsp3) is 0.320. The van der Waals surface area contributed by atoms with Crippen LogP contribution in [0.4, 0.5) is 5.95 Å². The number of hydrogen-bond acceptors (Lipinski definition) is 8. The summed E-state index contributed by atoms with van der Waals surface area (Å²) in [7, 11) is 3.14. The molecule has 4 rings (SSSR count). The van der Waals surface area contributed by atoms with Gasteiger partial charge in [-0.15, -0.1) is 5.10 Å². The van der Waals surface area contributed by atoms with Crippen molar-refractivity contribution in [3.8, 4) is 11.5 Å². The van der Waals surface area contributed by atoms with E-state index in [0.29, 0.717) is 49.1 Å². The minimum absolute atomic E-state index is 0.283. The molecule has 0 saturated carbocycles. The van der Waals surface area contributed by atoms with E-state index in [4.69, 9.17) is 30.9 Å². The van der Waals surface area contributed by atoms with Crippen LogP contribution in [0.5, 0.6) is 11.5 Å². The number of allylic oxidation sites excluding steroid dienone is 1. The Morgan fingerprint density at radius 2 is 2.00 bits per heavy atom.